The number of benzene rings is 1. The van der Waals surface area contributed by atoms with Crippen LogP contribution in [-0.4, -0.2) is 40.4 Å². The van der Waals surface area contributed by atoms with Gasteiger partial charge in [-0.2, -0.15) is 22.0 Å². The molecule has 27 heavy (non-hydrogen) atoms. The van der Waals surface area contributed by atoms with Crippen molar-refractivity contribution in [3.05, 3.63) is 35.0 Å². The van der Waals surface area contributed by atoms with Gasteiger partial charge in [-0.15, -0.1) is 0 Å². The Kier molecular flexibility index (Phi) is 4.89. The fraction of sp³-hybridized carbons (Fsp3) is 0.375. The smallest absolute Gasteiger partial charge is 0.417 e. The molecule has 1 aliphatic rings. The van der Waals surface area contributed by atoms with E-state index in [2.05, 4.69) is 15.0 Å². The molecule has 0 unspecified atom stereocenters. The molecule has 1 amide bonds. The van der Waals surface area contributed by atoms with Crippen molar-refractivity contribution in [1.82, 2.24) is 10.3 Å². The summed E-state index contributed by atoms with van der Waals surface area (Å²) in [6, 6.07) is 3.00. The lowest BCUT2D eigenvalue weighted by atomic mass is 9.75. The number of rotatable bonds is 4. The topological polar surface area (TPSA) is 71.5 Å². The Morgan fingerprint density at radius 3 is 2.59 bits per heavy atom. The van der Waals surface area contributed by atoms with Crippen molar-refractivity contribution >= 4 is 28.4 Å². The second-order valence-corrected chi connectivity index (χ2v) is 6.59. The zero-order valence-corrected chi connectivity index (χ0v) is 14.1. The summed E-state index contributed by atoms with van der Waals surface area (Å²) in [5.41, 5.74) is -2.51. The molecular formula is C16H12ClF5N2O3. The molecule has 0 radical (unpaired) electrons. The molecule has 1 aliphatic carbocycles. The normalized spacial score (nSPS) is 22.6. The Bertz CT molecular complexity index is 884. The molecule has 1 heterocycles. The Balaban J connectivity index is 1.73. The summed E-state index contributed by atoms with van der Waals surface area (Å²) < 4.78 is 66.7. The molecule has 11 heteroatoms. The fourth-order valence-electron chi connectivity index (χ4n) is 2.80. The van der Waals surface area contributed by atoms with Gasteiger partial charge < -0.3 is 15.2 Å². The molecule has 0 spiro atoms. The Labute approximate surface area is 154 Å². The molecule has 2 aromatic rings. The third-order valence-corrected chi connectivity index (χ3v) is 4.54. The van der Waals surface area contributed by atoms with Gasteiger partial charge in [0.25, 0.3) is 5.91 Å². The van der Waals surface area contributed by atoms with Gasteiger partial charge in [0.2, 0.25) is 0 Å². The van der Waals surface area contributed by atoms with E-state index in [-0.39, 0.29) is 21.9 Å². The first-order chi connectivity index (χ1) is 12.5. The highest BCUT2D eigenvalue weighted by Gasteiger charge is 2.61. The zero-order chi connectivity index (χ0) is 20.0. The van der Waals surface area contributed by atoms with Crippen molar-refractivity contribution in [3.8, 4) is 5.75 Å². The summed E-state index contributed by atoms with van der Waals surface area (Å²) in [4.78, 5) is 16.1. The van der Waals surface area contributed by atoms with Crippen molar-refractivity contribution in [1.29, 1.82) is 0 Å². The third-order valence-electron chi connectivity index (χ3n) is 4.24. The number of nitrogens with zero attached hydrogens (tertiary/aromatic N) is 1. The third kappa shape index (κ3) is 3.91. The molecule has 1 fully saturated rings. The van der Waals surface area contributed by atoms with Crippen LogP contribution < -0.4 is 10.1 Å². The molecule has 1 aromatic carbocycles. The maximum atomic E-state index is 12.6. The van der Waals surface area contributed by atoms with Crippen molar-refractivity contribution in [2.75, 3.05) is 0 Å². The van der Waals surface area contributed by atoms with Crippen LogP contribution >= 0.6 is 11.6 Å². The van der Waals surface area contributed by atoms with Crippen molar-refractivity contribution in [3.63, 3.8) is 0 Å². The van der Waals surface area contributed by atoms with Crippen molar-refractivity contribution in [2.45, 2.75) is 37.3 Å². The van der Waals surface area contributed by atoms with Gasteiger partial charge in [0, 0.05) is 36.5 Å². The first-order valence-electron chi connectivity index (χ1n) is 7.62. The van der Waals surface area contributed by atoms with E-state index in [0.717, 1.165) is 6.20 Å². The number of nitrogens with one attached hydrogen (secondary N) is 1. The quantitative estimate of drug-likeness (QED) is 0.754. The van der Waals surface area contributed by atoms with Gasteiger partial charge >= 0.3 is 12.8 Å². The number of halogens is 6. The monoisotopic (exact) mass is 410 g/mol. The Morgan fingerprint density at radius 2 is 2.00 bits per heavy atom. The number of hydrogen-bond acceptors (Lipinski definition) is 4. The zero-order valence-electron chi connectivity index (χ0n) is 13.4. The first-order valence-corrected chi connectivity index (χ1v) is 8.00. The molecule has 5 nitrogen and oxygen atoms in total. The number of amides is 1. The van der Waals surface area contributed by atoms with Gasteiger partial charge in [0.05, 0.1) is 16.1 Å². The van der Waals surface area contributed by atoms with Crippen molar-refractivity contribution < 1.29 is 36.6 Å². The van der Waals surface area contributed by atoms with E-state index < -0.39 is 43.2 Å². The molecular weight excluding hydrogens is 399 g/mol. The second-order valence-electron chi connectivity index (χ2n) is 6.19. The van der Waals surface area contributed by atoms with Crippen LogP contribution in [0, 0.1) is 0 Å². The van der Waals surface area contributed by atoms with Crippen LogP contribution in [0.4, 0.5) is 22.0 Å². The summed E-state index contributed by atoms with van der Waals surface area (Å²) in [7, 11) is 0. The number of ether oxygens (including phenoxy) is 1. The predicted octanol–water partition coefficient (Wildman–Crippen LogP) is 3.68. The van der Waals surface area contributed by atoms with Crippen LogP contribution in [0.25, 0.3) is 10.9 Å². The highest BCUT2D eigenvalue weighted by atomic mass is 35.5. The van der Waals surface area contributed by atoms with Gasteiger partial charge in [-0.3, -0.25) is 9.78 Å². The predicted molar refractivity (Wildman–Crippen MR) is 84.9 cm³/mol. The lowest BCUT2D eigenvalue weighted by molar-refractivity contribution is -0.291. The van der Waals surface area contributed by atoms with E-state index in [1.165, 1.54) is 18.2 Å². The second kappa shape index (κ2) is 6.75. The minimum absolute atomic E-state index is 0.0449. The molecule has 0 bridgehead atoms. The van der Waals surface area contributed by atoms with Gasteiger partial charge in [-0.05, 0) is 12.1 Å². The maximum absolute atomic E-state index is 12.6. The first kappa shape index (κ1) is 19.6. The number of aliphatic hydroxyl groups is 1. The summed E-state index contributed by atoms with van der Waals surface area (Å²) in [6.07, 6.45) is -4.88. The van der Waals surface area contributed by atoms with Crippen LogP contribution in [-0.2, 0) is 0 Å². The molecule has 1 aromatic heterocycles. The van der Waals surface area contributed by atoms with E-state index in [4.69, 9.17) is 11.6 Å². The highest BCUT2D eigenvalue weighted by Crippen LogP contribution is 2.45. The summed E-state index contributed by atoms with van der Waals surface area (Å²) in [5, 5.41) is 12.0. The fourth-order valence-corrected chi connectivity index (χ4v) is 3.01. The Hall–Kier alpha value is -2.20. The SMILES string of the molecule is O=C(N[C@H]1C[C@](O)(C(F)(F)F)C1)c1cnc2cc(OC(F)F)c(Cl)cc2c1. The highest BCUT2D eigenvalue weighted by molar-refractivity contribution is 6.32. The number of pyridine rings is 1. The summed E-state index contributed by atoms with van der Waals surface area (Å²) in [6.45, 7) is -3.07. The number of hydrogen-bond donors (Lipinski definition) is 2. The lowest BCUT2D eigenvalue weighted by Gasteiger charge is -2.44. The summed E-state index contributed by atoms with van der Waals surface area (Å²) >= 11 is 5.85. The van der Waals surface area contributed by atoms with Crippen LogP contribution in [0.1, 0.15) is 23.2 Å². The van der Waals surface area contributed by atoms with Crippen LogP contribution in [0.2, 0.25) is 5.02 Å². The number of carbonyl (C=O) groups is 1. The number of fused-ring (bicyclic) bond motifs is 1. The minimum Gasteiger partial charge on any atom is -0.433 e. The average molecular weight is 411 g/mol. The van der Waals surface area contributed by atoms with Gasteiger partial charge in [-0.25, -0.2) is 0 Å². The van der Waals surface area contributed by atoms with Gasteiger partial charge in [0.1, 0.15) is 5.75 Å². The number of aromatic nitrogens is 1. The molecule has 2 N–H and O–H groups in total. The van der Waals surface area contributed by atoms with E-state index >= 15 is 0 Å². The van der Waals surface area contributed by atoms with E-state index in [1.807, 2.05) is 0 Å². The average Bonchev–Trinajstić information content (AvgIpc) is 2.52. The number of carbonyl (C=O) groups excluding carboxylic acids is 1. The van der Waals surface area contributed by atoms with E-state index in [9.17, 15) is 31.9 Å². The molecule has 1 saturated carbocycles. The minimum atomic E-state index is -4.76. The molecule has 3 rings (SSSR count). The molecule has 0 saturated heterocycles. The maximum Gasteiger partial charge on any atom is 0.417 e. The molecule has 146 valence electrons. The molecule has 0 aliphatic heterocycles. The van der Waals surface area contributed by atoms with Crippen molar-refractivity contribution in [2.24, 2.45) is 0 Å². The van der Waals surface area contributed by atoms with E-state index in [0.29, 0.717) is 5.39 Å². The summed E-state index contributed by atoms with van der Waals surface area (Å²) in [5.74, 6) is -0.951. The van der Waals surface area contributed by atoms with Gasteiger partial charge in [0.15, 0.2) is 5.60 Å². The number of alkyl halides is 5. The van der Waals surface area contributed by atoms with Gasteiger partial charge in [-0.1, -0.05) is 11.6 Å². The Morgan fingerprint density at radius 1 is 1.33 bits per heavy atom. The standard InChI is InChI=1S/C16H12ClF5N2O3/c17-10-2-7-1-8(6-23-11(7)3-12(10)27-14(18)19)13(25)24-9-4-15(26,5-9)16(20,21)22/h1-3,6,9,14,26H,4-5H2,(H,24,25)/t9-,15+. The molecule has 0 atom stereocenters. The van der Waals surface area contributed by atoms with Crippen LogP contribution in [0.15, 0.2) is 24.4 Å². The van der Waals surface area contributed by atoms with Crippen LogP contribution in [0.3, 0.4) is 0 Å². The van der Waals surface area contributed by atoms with Crippen LogP contribution in [0.5, 0.6) is 5.75 Å². The largest absolute Gasteiger partial charge is 0.433 e. The van der Waals surface area contributed by atoms with E-state index in [1.54, 1.807) is 0 Å². The lowest BCUT2D eigenvalue weighted by Crippen LogP contribution is -2.62.